The van der Waals surface area contributed by atoms with Crippen LogP contribution in [0.15, 0.2) is 53.2 Å². The molecule has 3 aromatic heterocycles. The lowest BCUT2D eigenvalue weighted by atomic mass is 10.2. The Morgan fingerprint density at radius 2 is 2.08 bits per heavy atom. The molecule has 8 heteroatoms. The van der Waals surface area contributed by atoms with Crippen molar-refractivity contribution < 1.29 is 9.21 Å². The molecule has 1 amide bonds. The molecule has 4 rings (SSSR count). The number of nitrogens with zero attached hydrogens (tertiary/aromatic N) is 5. The topological polar surface area (TPSA) is 90.8 Å². The van der Waals surface area contributed by atoms with Gasteiger partial charge >= 0.3 is 0 Å². The normalized spacial score (nSPS) is 11.3. The molecule has 0 saturated heterocycles. The van der Waals surface area contributed by atoms with Crippen LogP contribution in [0.5, 0.6) is 0 Å². The number of fused-ring (bicyclic) bond motifs is 1. The van der Waals surface area contributed by atoms with Crippen LogP contribution in [-0.2, 0) is 11.3 Å². The molecule has 0 bridgehead atoms. The highest BCUT2D eigenvalue weighted by atomic mass is 16.3. The van der Waals surface area contributed by atoms with Crippen molar-refractivity contribution in [2.75, 3.05) is 5.32 Å². The maximum Gasteiger partial charge on any atom is 0.247 e. The van der Waals surface area contributed by atoms with Gasteiger partial charge in [0, 0.05) is 11.6 Å². The number of furan rings is 1. The van der Waals surface area contributed by atoms with E-state index >= 15 is 0 Å². The van der Waals surface area contributed by atoms with E-state index in [-0.39, 0.29) is 18.5 Å². The molecule has 8 nitrogen and oxygen atoms in total. The van der Waals surface area contributed by atoms with Crippen molar-refractivity contribution in [1.82, 2.24) is 24.8 Å². The number of amides is 1. The van der Waals surface area contributed by atoms with Crippen molar-refractivity contribution in [2.24, 2.45) is 0 Å². The minimum Gasteiger partial charge on any atom is -0.454 e. The van der Waals surface area contributed by atoms with E-state index in [2.05, 4.69) is 20.6 Å². The van der Waals surface area contributed by atoms with Gasteiger partial charge in [-0.05, 0) is 32.0 Å². The molecule has 0 atom stereocenters. The monoisotopic (exact) mass is 350 g/mol. The molecule has 0 saturated carbocycles. The van der Waals surface area contributed by atoms with Crippen LogP contribution in [-0.4, -0.2) is 30.7 Å². The maximum atomic E-state index is 12.2. The minimum atomic E-state index is -0.222. The molecule has 26 heavy (non-hydrogen) atoms. The maximum absolute atomic E-state index is 12.2. The Hall–Kier alpha value is -3.42. The summed E-state index contributed by atoms with van der Waals surface area (Å²) in [7, 11) is 0. The number of aromatic nitrogens is 5. The lowest BCUT2D eigenvalue weighted by Crippen LogP contribution is -2.19. The molecule has 3 heterocycles. The van der Waals surface area contributed by atoms with Gasteiger partial charge in [-0.15, -0.1) is 5.10 Å². The molecule has 0 aliphatic rings. The summed E-state index contributed by atoms with van der Waals surface area (Å²) in [5, 5.41) is 16.4. The first-order chi connectivity index (χ1) is 12.6. The van der Waals surface area contributed by atoms with E-state index in [1.165, 1.54) is 6.20 Å². The molecular formula is C18H18N6O2. The molecule has 0 spiro atoms. The van der Waals surface area contributed by atoms with Gasteiger partial charge in [0.1, 0.15) is 17.8 Å². The summed E-state index contributed by atoms with van der Waals surface area (Å²) in [4.78, 5) is 13.7. The average Bonchev–Trinajstić information content (AvgIpc) is 3.33. The Balaban J connectivity index is 1.44. The summed E-state index contributed by atoms with van der Waals surface area (Å²) in [6, 6.07) is 11.7. The largest absolute Gasteiger partial charge is 0.454 e. The molecule has 0 unspecified atom stereocenters. The number of rotatable bonds is 5. The van der Waals surface area contributed by atoms with Gasteiger partial charge in [-0.1, -0.05) is 18.2 Å². The number of carbonyl (C=O) groups is 1. The predicted molar refractivity (Wildman–Crippen MR) is 96.5 cm³/mol. The summed E-state index contributed by atoms with van der Waals surface area (Å²) >= 11 is 0. The summed E-state index contributed by atoms with van der Waals surface area (Å²) in [6.07, 6.45) is 3.27. The summed E-state index contributed by atoms with van der Waals surface area (Å²) in [5.74, 6) is 0.874. The van der Waals surface area contributed by atoms with Gasteiger partial charge in [0.2, 0.25) is 5.91 Å². The number of hydrogen-bond acceptors (Lipinski definition) is 5. The zero-order valence-corrected chi connectivity index (χ0v) is 14.5. The van der Waals surface area contributed by atoms with Crippen molar-refractivity contribution in [3.8, 4) is 11.5 Å². The molecule has 0 aliphatic heterocycles. The fraction of sp³-hybridized carbons (Fsp3) is 0.222. The highest BCUT2D eigenvalue weighted by Gasteiger charge is 2.12. The number of para-hydroxylation sites is 1. The SMILES string of the molecule is CC(C)n1ncc(NC(=O)Cn2ccc(-c3cc4ccccc4o3)n2)n1. The van der Waals surface area contributed by atoms with Crippen LogP contribution in [0.25, 0.3) is 22.4 Å². The van der Waals surface area contributed by atoms with Crippen LogP contribution in [0, 0.1) is 0 Å². The van der Waals surface area contributed by atoms with Crippen LogP contribution in [0.4, 0.5) is 5.82 Å². The number of carbonyl (C=O) groups excluding carboxylic acids is 1. The van der Waals surface area contributed by atoms with Crippen LogP contribution in [0.2, 0.25) is 0 Å². The van der Waals surface area contributed by atoms with E-state index in [1.807, 2.05) is 50.2 Å². The Labute approximate surface area is 149 Å². The minimum absolute atomic E-state index is 0.0781. The average molecular weight is 350 g/mol. The van der Waals surface area contributed by atoms with Crippen LogP contribution in [0.1, 0.15) is 19.9 Å². The number of benzene rings is 1. The second-order valence-corrected chi connectivity index (χ2v) is 6.24. The van der Waals surface area contributed by atoms with E-state index in [4.69, 9.17) is 4.42 Å². The predicted octanol–water partition coefficient (Wildman–Crippen LogP) is 3.11. The van der Waals surface area contributed by atoms with E-state index in [0.29, 0.717) is 17.3 Å². The third kappa shape index (κ3) is 3.21. The first kappa shape index (κ1) is 16.1. The smallest absolute Gasteiger partial charge is 0.247 e. The van der Waals surface area contributed by atoms with Gasteiger partial charge < -0.3 is 9.73 Å². The van der Waals surface area contributed by atoms with Gasteiger partial charge in [0.05, 0.1) is 12.2 Å². The zero-order chi connectivity index (χ0) is 18.1. The lowest BCUT2D eigenvalue weighted by molar-refractivity contribution is -0.116. The second kappa shape index (κ2) is 6.47. The summed E-state index contributed by atoms with van der Waals surface area (Å²) in [5.41, 5.74) is 1.49. The first-order valence-electron chi connectivity index (χ1n) is 8.32. The Kier molecular flexibility index (Phi) is 4.00. The van der Waals surface area contributed by atoms with E-state index < -0.39 is 0 Å². The highest BCUT2D eigenvalue weighted by molar-refractivity contribution is 5.89. The van der Waals surface area contributed by atoms with Crippen LogP contribution in [0.3, 0.4) is 0 Å². The van der Waals surface area contributed by atoms with Crippen molar-refractivity contribution in [3.63, 3.8) is 0 Å². The highest BCUT2D eigenvalue weighted by Crippen LogP contribution is 2.26. The van der Waals surface area contributed by atoms with Gasteiger partial charge in [0.25, 0.3) is 0 Å². The van der Waals surface area contributed by atoms with Crippen molar-refractivity contribution in [1.29, 1.82) is 0 Å². The third-order valence-corrected chi connectivity index (χ3v) is 3.86. The standard InChI is InChI=1S/C18H18N6O2/c1-12(2)24-19-10-17(22-24)20-18(25)11-23-8-7-14(21-23)16-9-13-5-3-4-6-15(13)26-16/h3-10,12H,11H2,1-2H3,(H,20,22,25). The molecule has 1 N–H and O–H groups in total. The number of hydrogen-bond donors (Lipinski definition) is 1. The number of anilines is 1. The van der Waals surface area contributed by atoms with Gasteiger partial charge in [-0.3, -0.25) is 9.48 Å². The van der Waals surface area contributed by atoms with Crippen molar-refractivity contribution >= 4 is 22.7 Å². The second-order valence-electron chi connectivity index (χ2n) is 6.24. The molecule has 0 fully saturated rings. The van der Waals surface area contributed by atoms with E-state index in [0.717, 1.165) is 11.0 Å². The van der Waals surface area contributed by atoms with Crippen LogP contribution >= 0.6 is 0 Å². The fourth-order valence-electron chi connectivity index (χ4n) is 2.60. The third-order valence-electron chi connectivity index (χ3n) is 3.86. The molecule has 132 valence electrons. The Bertz CT molecular complexity index is 1030. The van der Waals surface area contributed by atoms with E-state index in [1.54, 1.807) is 15.7 Å². The van der Waals surface area contributed by atoms with Crippen molar-refractivity contribution in [3.05, 3.63) is 48.8 Å². The van der Waals surface area contributed by atoms with Gasteiger partial charge in [0.15, 0.2) is 11.6 Å². The zero-order valence-electron chi connectivity index (χ0n) is 14.5. The van der Waals surface area contributed by atoms with Gasteiger partial charge in [-0.2, -0.15) is 15.0 Å². The lowest BCUT2D eigenvalue weighted by Gasteiger charge is -2.03. The fourth-order valence-corrected chi connectivity index (χ4v) is 2.60. The van der Waals surface area contributed by atoms with Gasteiger partial charge in [-0.25, -0.2) is 0 Å². The molecule has 0 aliphatic carbocycles. The van der Waals surface area contributed by atoms with Crippen LogP contribution < -0.4 is 5.32 Å². The number of nitrogens with one attached hydrogen (secondary N) is 1. The molecule has 0 radical (unpaired) electrons. The Morgan fingerprint density at radius 3 is 2.85 bits per heavy atom. The summed E-state index contributed by atoms with van der Waals surface area (Å²) in [6.45, 7) is 4.01. The van der Waals surface area contributed by atoms with Crippen molar-refractivity contribution in [2.45, 2.75) is 26.4 Å². The first-order valence-corrected chi connectivity index (χ1v) is 8.32. The molecule has 4 aromatic rings. The Morgan fingerprint density at radius 1 is 1.23 bits per heavy atom. The van der Waals surface area contributed by atoms with E-state index in [9.17, 15) is 4.79 Å². The quantitative estimate of drug-likeness (QED) is 0.597. The summed E-state index contributed by atoms with van der Waals surface area (Å²) < 4.78 is 7.36. The molecular weight excluding hydrogens is 332 g/mol. The molecule has 1 aromatic carbocycles.